The average molecular weight is 251 g/mol. The molecule has 0 aliphatic heterocycles. The molecule has 1 aromatic heterocycles. The summed E-state index contributed by atoms with van der Waals surface area (Å²) in [6.45, 7) is 1.80. The van der Waals surface area contributed by atoms with Gasteiger partial charge in [-0.2, -0.15) is 5.10 Å². The Morgan fingerprint density at radius 1 is 1.29 bits per heavy atom. The number of benzene rings is 1. The van der Waals surface area contributed by atoms with E-state index >= 15 is 0 Å². The Morgan fingerprint density at radius 3 is 2.59 bits per heavy atom. The van der Waals surface area contributed by atoms with Crippen molar-refractivity contribution in [1.82, 2.24) is 14.9 Å². The summed E-state index contributed by atoms with van der Waals surface area (Å²) in [5, 5.41) is 6.10. The molecule has 90 valence electrons. The molecule has 1 unspecified atom stereocenters. The highest BCUT2D eigenvalue weighted by Crippen LogP contribution is 2.15. The van der Waals surface area contributed by atoms with Crippen molar-refractivity contribution in [2.45, 2.75) is 17.9 Å². The highest BCUT2D eigenvalue weighted by molar-refractivity contribution is 7.89. The van der Waals surface area contributed by atoms with E-state index in [1.807, 2.05) is 30.3 Å². The molecule has 0 fully saturated rings. The van der Waals surface area contributed by atoms with Gasteiger partial charge in [-0.05, 0) is 12.5 Å². The molecule has 0 aliphatic carbocycles. The molecule has 1 heterocycles. The van der Waals surface area contributed by atoms with Crippen LogP contribution in [0.4, 0.5) is 0 Å². The number of rotatable bonds is 4. The summed E-state index contributed by atoms with van der Waals surface area (Å²) in [5.74, 6) is 0. The standard InChI is InChI=1S/C11H13N3O2S/c1-9(10-5-3-2-4-6-10)14-17(15,16)11-7-12-13-8-11/h2-9,14H,1H3,(H,12,13). The van der Waals surface area contributed by atoms with Gasteiger partial charge in [0.1, 0.15) is 4.90 Å². The van der Waals surface area contributed by atoms with Gasteiger partial charge in [-0.3, -0.25) is 5.10 Å². The second-order valence-electron chi connectivity index (χ2n) is 3.69. The molecule has 0 saturated carbocycles. The van der Waals surface area contributed by atoms with Gasteiger partial charge >= 0.3 is 0 Å². The largest absolute Gasteiger partial charge is 0.284 e. The van der Waals surface area contributed by atoms with Crippen molar-refractivity contribution in [2.75, 3.05) is 0 Å². The average Bonchev–Trinajstić information content (AvgIpc) is 2.84. The zero-order valence-corrected chi connectivity index (χ0v) is 10.1. The predicted molar refractivity (Wildman–Crippen MR) is 63.8 cm³/mol. The van der Waals surface area contributed by atoms with Crippen LogP contribution in [0.3, 0.4) is 0 Å². The van der Waals surface area contributed by atoms with E-state index in [9.17, 15) is 8.42 Å². The van der Waals surface area contributed by atoms with Gasteiger partial charge < -0.3 is 0 Å². The van der Waals surface area contributed by atoms with Crippen LogP contribution in [0.5, 0.6) is 0 Å². The number of aromatic nitrogens is 2. The first-order chi connectivity index (χ1) is 8.09. The zero-order valence-electron chi connectivity index (χ0n) is 9.29. The lowest BCUT2D eigenvalue weighted by atomic mass is 10.1. The Bertz CT molecular complexity index is 564. The maximum Gasteiger partial charge on any atom is 0.244 e. The van der Waals surface area contributed by atoms with Crippen molar-refractivity contribution in [3.05, 3.63) is 48.3 Å². The summed E-state index contributed by atoms with van der Waals surface area (Å²) < 4.78 is 26.4. The number of H-pyrrole nitrogens is 1. The maximum absolute atomic E-state index is 11.9. The molecule has 17 heavy (non-hydrogen) atoms. The van der Waals surface area contributed by atoms with Crippen LogP contribution >= 0.6 is 0 Å². The van der Waals surface area contributed by atoms with E-state index in [4.69, 9.17) is 0 Å². The normalized spacial score (nSPS) is 13.5. The Balaban J connectivity index is 2.17. The van der Waals surface area contributed by atoms with Gasteiger partial charge in [-0.1, -0.05) is 30.3 Å². The van der Waals surface area contributed by atoms with E-state index in [1.165, 1.54) is 12.4 Å². The summed E-state index contributed by atoms with van der Waals surface area (Å²) >= 11 is 0. The maximum atomic E-state index is 11.9. The van der Waals surface area contributed by atoms with Crippen molar-refractivity contribution >= 4 is 10.0 Å². The molecule has 5 nitrogen and oxygen atoms in total. The van der Waals surface area contributed by atoms with Crippen LogP contribution in [0.25, 0.3) is 0 Å². The SMILES string of the molecule is CC(NS(=O)(=O)c1cn[nH]c1)c1ccccc1. The van der Waals surface area contributed by atoms with E-state index in [0.717, 1.165) is 5.56 Å². The quantitative estimate of drug-likeness (QED) is 0.863. The lowest BCUT2D eigenvalue weighted by Gasteiger charge is -2.13. The fourth-order valence-electron chi connectivity index (χ4n) is 1.50. The molecule has 1 aromatic carbocycles. The third-order valence-corrected chi connectivity index (χ3v) is 3.92. The van der Waals surface area contributed by atoms with Crippen molar-refractivity contribution in [3.8, 4) is 0 Å². The minimum atomic E-state index is -3.51. The molecule has 6 heteroatoms. The Kier molecular flexibility index (Phi) is 3.26. The molecule has 0 saturated heterocycles. The third kappa shape index (κ3) is 2.72. The summed E-state index contributed by atoms with van der Waals surface area (Å²) in [6.07, 6.45) is 2.63. The van der Waals surface area contributed by atoms with Crippen LogP contribution in [0.15, 0.2) is 47.6 Å². The number of nitrogens with zero attached hydrogens (tertiary/aromatic N) is 1. The lowest BCUT2D eigenvalue weighted by molar-refractivity contribution is 0.567. The van der Waals surface area contributed by atoms with E-state index in [2.05, 4.69) is 14.9 Å². The fraction of sp³-hybridized carbons (Fsp3) is 0.182. The molecule has 0 amide bonds. The van der Waals surface area contributed by atoms with Crippen LogP contribution in [-0.4, -0.2) is 18.6 Å². The first-order valence-electron chi connectivity index (χ1n) is 5.15. The van der Waals surface area contributed by atoms with Gasteiger partial charge in [-0.25, -0.2) is 13.1 Å². The molecule has 0 radical (unpaired) electrons. The molecular formula is C11H13N3O2S. The smallest absolute Gasteiger partial charge is 0.244 e. The second kappa shape index (κ2) is 4.68. The van der Waals surface area contributed by atoms with Crippen molar-refractivity contribution in [1.29, 1.82) is 0 Å². The molecule has 0 aliphatic rings. The van der Waals surface area contributed by atoms with Crippen molar-refractivity contribution in [2.24, 2.45) is 0 Å². The molecular weight excluding hydrogens is 238 g/mol. The minimum Gasteiger partial charge on any atom is -0.284 e. The van der Waals surface area contributed by atoms with Gasteiger partial charge in [0.25, 0.3) is 0 Å². The van der Waals surface area contributed by atoms with E-state index in [-0.39, 0.29) is 10.9 Å². The van der Waals surface area contributed by atoms with Gasteiger partial charge in [-0.15, -0.1) is 0 Å². The van der Waals surface area contributed by atoms with Crippen LogP contribution in [0, 0.1) is 0 Å². The van der Waals surface area contributed by atoms with Crippen LogP contribution in [0.2, 0.25) is 0 Å². The Hall–Kier alpha value is -1.66. The topological polar surface area (TPSA) is 74.8 Å². The monoisotopic (exact) mass is 251 g/mol. The Labute approximate surface area is 99.9 Å². The summed E-state index contributed by atoms with van der Waals surface area (Å²) in [7, 11) is -3.51. The highest BCUT2D eigenvalue weighted by Gasteiger charge is 2.18. The number of sulfonamides is 1. The van der Waals surface area contributed by atoms with Gasteiger partial charge in [0.2, 0.25) is 10.0 Å². The third-order valence-electron chi connectivity index (χ3n) is 2.41. The highest BCUT2D eigenvalue weighted by atomic mass is 32.2. The fourth-order valence-corrected chi connectivity index (χ4v) is 2.63. The van der Waals surface area contributed by atoms with Gasteiger partial charge in [0.15, 0.2) is 0 Å². The van der Waals surface area contributed by atoms with Gasteiger partial charge in [0, 0.05) is 12.2 Å². The molecule has 0 spiro atoms. The summed E-state index contributed by atoms with van der Waals surface area (Å²) in [5.41, 5.74) is 0.916. The van der Waals surface area contributed by atoms with Crippen molar-refractivity contribution < 1.29 is 8.42 Å². The number of nitrogens with one attached hydrogen (secondary N) is 2. The second-order valence-corrected chi connectivity index (χ2v) is 5.40. The van der Waals surface area contributed by atoms with Gasteiger partial charge in [0.05, 0.1) is 6.20 Å². The number of hydrogen-bond acceptors (Lipinski definition) is 3. The van der Waals surface area contributed by atoms with E-state index in [1.54, 1.807) is 6.92 Å². The van der Waals surface area contributed by atoms with Crippen LogP contribution in [0.1, 0.15) is 18.5 Å². The van der Waals surface area contributed by atoms with Crippen LogP contribution < -0.4 is 4.72 Å². The zero-order chi connectivity index (χ0) is 12.3. The molecule has 0 bridgehead atoms. The summed E-state index contributed by atoms with van der Waals surface area (Å²) in [4.78, 5) is 0.139. The minimum absolute atomic E-state index is 0.139. The lowest BCUT2D eigenvalue weighted by Crippen LogP contribution is -2.26. The molecule has 2 N–H and O–H groups in total. The first-order valence-corrected chi connectivity index (χ1v) is 6.64. The van der Waals surface area contributed by atoms with Crippen molar-refractivity contribution in [3.63, 3.8) is 0 Å². The first kappa shape index (κ1) is 11.8. The Morgan fingerprint density at radius 2 is 2.00 bits per heavy atom. The summed E-state index contributed by atoms with van der Waals surface area (Å²) in [6, 6.07) is 9.11. The van der Waals surface area contributed by atoms with E-state index in [0.29, 0.717) is 0 Å². The molecule has 2 rings (SSSR count). The number of hydrogen-bond donors (Lipinski definition) is 2. The molecule has 1 atom stereocenters. The van der Waals surface area contributed by atoms with E-state index < -0.39 is 10.0 Å². The predicted octanol–water partition coefficient (Wildman–Crippen LogP) is 1.45. The van der Waals surface area contributed by atoms with Crippen LogP contribution in [-0.2, 0) is 10.0 Å². The molecule has 2 aromatic rings. The number of aromatic amines is 1.